The Morgan fingerprint density at radius 1 is 1.45 bits per heavy atom. The third kappa shape index (κ3) is 3.14. The highest BCUT2D eigenvalue weighted by Crippen LogP contribution is 2.06. The summed E-state index contributed by atoms with van der Waals surface area (Å²) >= 11 is 0. The number of anilines is 1. The van der Waals surface area contributed by atoms with E-state index >= 15 is 0 Å². The summed E-state index contributed by atoms with van der Waals surface area (Å²) in [6, 6.07) is 1.18. The minimum absolute atomic E-state index is 0.0974. The second-order valence-electron chi connectivity index (χ2n) is 5.04. The summed E-state index contributed by atoms with van der Waals surface area (Å²) in [6.07, 6.45) is 1.36. The van der Waals surface area contributed by atoms with Gasteiger partial charge in [-0.3, -0.25) is 4.79 Å². The van der Waals surface area contributed by atoms with Crippen molar-refractivity contribution in [3.8, 4) is 0 Å². The SMILES string of the molecule is CC(C)CNC(=O)C(C)Nc1cc2n[nH]c(=O)n2cn1. The van der Waals surface area contributed by atoms with Gasteiger partial charge in [0, 0.05) is 12.6 Å². The summed E-state index contributed by atoms with van der Waals surface area (Å²) in [5, 5.41) is 12.0. The van der Waals surface area contributed by atoms with Crippen LogP contribution in [0.15, 0.2) is 17.2 Å². The van der Waals surface area contributed by atoms with Crippen LogP contribution in [0.3, 0.4) is 0 Å². The van der Waals surface area contributed by atoms with E-state index in [0.717, 1.165) is 0 Å². The Kier molecular flexibility index (Phi) is 4.02. The molecule has 0 aromatic carbocycles. The second kappa shape index (κ2) is 5.72. The molecular weight excluding hydrogens is 260 g/mol. The Bertz CT molecular complexity index is 659. The zero-order chi connectivity index (χ0) is 14.7. The lowest BCUT2D eigenvalue weighted by atomic mass is 10.2. The van der Waals surface area contributed by atoms with Gasteiger partial charge in [0.1, 0.15) is 18.2 Å². The second-order valence-corrected chi connectivity index (χ2v) is 5.04. The topological polar surface area (TPSA) is 104 Å². The maximum Gasteiger partial charge on any atom is 0.348 e. The Balaban J connectivity index is 2.03. The Morgan fingerprint density at radius 3 is 2.90 bits per heavy atom. The molecule has 8 nitrogen and oxygen atoms in total. The molecule has 2 aromatic heterocycles. The van der Waals surface area contributed by atoms with Crippen molar-refractivity contribution in [1.29, 1.82) is 0 Å². The van der Waals surface area contributed by atoms with E-state index in [1.807, 2.05) is 13.8 Å². The van der Waals surface area contributed by atoms with Gasteiger partial charge in [-0.1, -0.05) is 13.8 Å². The first-order valence-electron chi connectivity index (χ1n) is 6.44. The molecule has 2 heterocycles. The van der Waals surface area contributed by atoms with E-state index in [-0.39, 0.29) is 11.6 Å². The molecule has 0 bridgehead atoms. The van der Waals surface area contributed by atoms with Gasteiger partial charge in [0.25, 0.3) is 0 Å². The molecule has 0 saturated heterocycles. The van der Waals surface area contributed by atoms with Gasteiger partial charge >= 0.3 is 5.69 Å². The number of nitrogens with zero attached hydrogens (tertiary/aromatic N) is 3. The van der Waals surface area contributed by atoms with Crippen LogP contribution < -0.4 is 16.3 Å². The molecule has 2 rings (SSSR count). The molecule has 20 heavy (non-hydrogen) atoms. The molecule has 0 aliphatic heterocycles. The predicted octanol–water partition coefficient (Wildman–Crippen LogP) is -0.00980. The minimum atomic E-state index is -0.422. The maximum absolute atomic E-state index is 11.8. The molecule has 3 N–H and O–H groups in total. The van der Waals surface area contributed by atoms with E-state index in [4.69, 9.17) is 0 Å². The Labute approximate surface area is 115 Å². The van der Waals surface area contributed by atoms with E-state index in [0.29, 0.717) is 23.9 Å². The zero-order valence-electron chi connectivity index (χ0n) is 11.7. The predicted molar refractivity (Wildman–Crippen MR) is 74.5 cm³/mol. The molecular formula is C12H18N6O2. The maximum atomic E-state index is 11.8. The van der Waals surface area contributed by atoms with Gasteiger partial charge in [-0.25, -0.2) is 19.3 Å². The van der Waals surface area contributed by atoms with Crippen molar-refractivity contribution in [1.82, 2.24) is 24.9 Å². The van der Waals surface area contributed by atoms with Crippen LogP contribution in [0.1, 0.15) is 20.8 Å². The van der Waals surface area contributed by atoms with Gasteiger partial charge in [0.05, 0.1) is 0 Å². The monoisotopic (exact) mass is 278 g/mol. The Morgan fingerprint density at radius 2 is 2.20 bits per heavy atom. The van der Waals surface area contributed by atoms with Crippen molar-refractivity contribution in [2.75, 3.05) is 11.9 Å². The summed E-state index contributed by atoms with van der Waals surface area (Å²) in [7, 11) is 0. The molecule has 0 spiro atoms. The lowest BCUT2D eigenvalue weighted by molar-refractivity contribution is -0.121. The number of carbonyl (C=O) groups excluding carboxylic acids is 1. The van der Waals surface area contributed by atoms with Crippen LogP contribution in [0.5, 0.6) is 0 Å². The number of aromatic amines is 1. The lowest BCUT2D eigenvalue weighted by Crippen LogP contribution is -2.39. The molecule has 8 heteroatoms. The van der Waals surface area contributed by atoms with Crippen LogP contribution in [0.4, 0.5) is 5.82 Å². The van der Waals surface area contributed by atoms with E-state index in [9.17, 15) is 9.59 Å². The molecule has 0 aliphatic rings. The molecule has 1 atom stereocenters. The van der Waals surface area contributed by atoms with Gasteiger partial charge in [-0.15, -0.1) is 0 Å². The van der Waals surface area contributed by atoms with Crippen molar-refractivity contribution < 1.29 is 4.79 Å². The smallest absolute Gasteiger partial charge is 0.348 e. The number of amides is 1. The van der Waals surface area contributed by atoms with Gasteiger partial charge in [-0.2, -0.15) is 5.10 Å². The normalized spacial score (nSPS) is 12.6. The fourth-order valence-corrected chi connectivity index (χ4v) is 1.63. The summed E-state index contributed by atoms with van der Waals surface area (Å²) in [6.45, 7) is 6.44. The van der Waals surface area contributed by atoms with Crippen LogP contribution in [0.2, 0.25) is 0 Å². The number of carbonyl (C=O) groups is 1. The number of fused-ring (bicyclic) bond motifs is 1. The number of hydrogen-bond donors (Lipinski definition) is 3. The van der Waals surface area contributed by atoms with Crippen LogP contribution >= 0.6 is 0 Å². The van der Waals surface area contributed by atoms with E-state index in [1.165, 1.54) is 10.7 Å². The number of hydrogen-bond acceptors (Lipinski definition) is 5. The van der Waals surface area contributed by atoms with Gasteiger partial charge in [0.2, 0.25) is 5.91 Å². The summed E-state index contributed by atoms with van der Waals surface area (Å²) in [5.41, 5.74) is 0.101. The summed E-state index contributed by atoms with van der Waals surface area (Å²) in [5.74, 6) is 0.792. The van der Waals surface area contributed by atoms with Crippen LogP contribution in [-0.4, -0.2) is 38.1 Å². The van der Waals surface area contributed by atoms with Crippen LogP contribution in [-0.2, 0) is 4.79 Å². The number of aromatic nitrogens is 4. The molecule has 0 fully saturated rings. The zero-order valence-corrected chi connectivity index (χ0v) is 11.7. The fraction of sp³-hybridized carbons (Fsp3) is 0.500. The highest BCUT2D eigenvalue weighted by molar-refractivity contribution is 5.83. The summed E-state index contributed by atoms with van der Waals surface area (Å²) < 4.78 is 1.29. The third-order valence-electron chi connectivity index (χ3n) is 2.75. The van der Waals surface area contributed by atoms with Gasteiger partial charge in [-0.05, 0) is 12.8 Å². The number of nitrogens with one attached hydrogen (secondary N) is 3. The van der Waals surface area contributed by atoms with Gasteiger partial charge in [0.15, 0.2) is 5.65 Å². The van der Waals surface area contributed by atoms with Crippen LogP contribution in [0, 0.1) is 5.92 Å². The molecule has 108 valence electrons. The van der Waals surface area contributed by atoms with Crippen molar-refractivity contribution in [3.63, 3.8) is 0 Å². The first kappa shape index (κ1) is 14.0. The van der Waals surface area contributed by atoms with Crippen molar-refractivity contribution in [2.45, 2.75) is 26.8 Å². The third-order valence-corrected chi connectivity index (χ3v) is 2.75. The first-order chi connectivity index (χ1) is 9.47. The fourth-order valence-electron chi connectivity index (χ4n) is 1.63. The van der Waals surface area contributed by atoms with Crippen molar-refractivity contribution in [2.24, 2.45) is 5.92 Å². The van der Waals surface area contributed by atoms with Crippen LogP contribution in [0.25, 0.3) is 5.65 Å². The first-order valence-corrected chi connectivity index (χ1v) is 6.44. The minimum Gasteiger partial charge on any atom is -0.358 e. The average Bonchev–Trinajstić information content (AvgIpc) is 2.77. The number of H-pyrrole nitrogens is 1. The summed E-state index contributed by atoms with van der Waals surface area (Å²) in [4.78, 5) is 27.2. The average molecular weight is 278 g/mol. The molecule has 0 radical (unpaired) electrons. The standard InChI is InChI=1S/C12H18N6O2/c1-7(2)5-13-11(19)8(3)15-9-4-10-16-17-12(20)18(10)6-14-9/h4,6-8,15H,5H2,1-3H3,(H,13,19)(H,17,20). The van der Waals surface area contributed by atoms with E-state index in [1.54, 1.807) is 13.0 Å². The molecule has 0 aliphatic carbocycles. The highest BCUT2D eigenvalue weighted by Gasteiger charge is 2.13. The molecule has 0 saturated carbocycles. The lowest BCUT2D eigenvalue weighted by Gasteiger charge is -2.15. The largest absolute Gasteiger partial charge is 0.358 e. The highest BCUT2D eigenvalue weighted by atomic mass is 16.2. The molecule has 2 aromatic rings. The van der Waals surface area contributed by atoms with Crippen molar-refractivity contribution >= 4 is 17.4 Å². The van der Waals surface area contributed by atoms with Gasteiger partial charge < -0.3 is 10.6 Å². The van der Waals surface area contributed by atoms with Crippen molar-refractivity contribution in [3.05, 3.63) is 22.9 Å². The number of rotatable bonds is 5. The molecule has 1 amide bonds. The van der Waals surface area contributed by atoms with E-state index in [2.05, 4.69) is 25.8 Å². The molecule has 1 unspecified atom stereocenters. The van der Waals surface area contributed by atoms with E-state index < -0.39 is 6.04 Å². The quantitative estimate of drug-likeness (QED) is 0.713. The Hall–Kier alpha value is -2.38.